The molecule has 0 aromatic rings. The Balaban J connectivity index is 2.46. The number of carbonyl (C=O) groups excluding carboxylic acids is 1. The maximum absolute atomic E-state index is 12.0. The van der Waals surface area contributed by atoms with Crippen molar-refractivity contribution in [3.63, 3.8) is 0 Å². The Bertz CT molecular complexity index is 303. The predicted octanol–water partition coefficient (Wildman–Crippen LogP) is 2.57. The summed E-state index contributed by atoms with van der Waals surface area (Å²) >= 11 is 0. The molecule has 0 bridgehead atoms. The van der Waals surface area contributed by atoms with E-state index in [0.29, 0.717) is 0 Å². The summed E-state index contributed by atoms with van der Waals surface area (Å²) < 4.78 is 4.97. The molecular weight excluding hydrogens is 252 g/mol. The molecule has 1 rings (SSSR count). The molecule has 1 unspecified atom stereocenters. The summed E-state index contributed by atoms with van der Waals surface area (Å²) in [5.41, 5.74) is -0.565. The van der Waals surface area contributed by atoms with Crippen LogP contribution in [0.1, 0.15) is 59.8 Å². The van der Waals surface area contributed by atoms with E-state index in [1.807, 2.05) is 6.92 Å². The van der Waals surface area contributed by atoms with E-state index in [1.165, 1.54) is 32.9 Å². The summed E-state index contributed by atoms with van der Waals surface area (Å²) in [6.45, 7) is 10.6. The Morgan fingerprint density at radius 1 is 1.40 bits per heavy atom. The molecule has 4 nitrogen and oxygen atoms in total. The molecule has 1 saturated carbocycles. The summed E-state index contributed by atoms with van der Waals surface area (Å²) in [7, 11) is 1.47. The quantitative estimate of drug-likeness (QED) is 0.626. The number of esters is 1. The number of hydrogen-bond donors (Lipinski definition) is 1. The Morgan fingerprint density at radius 3 is 2.50 bits per heavy atom. The fourth-order valence-electron chi connectivity index (χ4n) is 2.94. The number of carbonyl (C=O) groups is 1. The van der Waals surface area contributed by atoms with Crippen LogP contribution in [0.2, 0.25) is 0 Å². The van der Waals surface area contributed by atoms with E-state index in [4.69, 9.17) is 4.74 Å². The van der Waals surface area contributed by atoms with Gasteiger partial charge in [0.15, 0.2) is 0 Å². The molecule has 0 amide bonds. The lowest BCUT2D eigenvalue weighted by Crippen LogP contribution is -2.53. The molecule has 20 heavy (non-hydrogen) atoms. The summed E-state index contributed by atoms with van der Waals surface area (Å²) in [4.78, 5) is 14.6. The van der Waals surface area contributed by atoms with Gasteiger partial charge in [-0.25, -0.2) is 0 Å². The average molecular weight is 284 g/mol. The molecule has 0 saturated heterocycles. The third kappa shape index (κ3) is 5.41. The van der Waals surface area contributed by atoms with E-state index in [0.717, 1.165) is 25.4 Å². The van der Waals surface area contributed by atoms with E-state index >= 15 is 0 Å². The van der Waals surface area contributed by atoms with Gasteiger partial charge in [0, 0.05) is 12.1 Å². The van der Waals surface area contributed by atoms with Crippen molar-refractivity contribution in [2.45, 2.75) is 77.4 Å². The lowest BCUT2D eigenvalue weighted by Gasteiger charge is -2.31. The molecule has 1 atom stereocenters. The third-order valence-corrected chi connectivity index (χ3v) is 3.94. The highest BCUT2D eigenvalue weighted by Crippen LogP contribution is 2.27. The van der Waals surface area contributed by atoms with Gasteiger partial charge in [0.1, 0.15) is 5.54 Å². The van der Waals surface area contributed by atoms with Gasteiger partial charge in [0.2, 0.25) is 0 Å². The molecule has 1 N–H and O–H groups in total. The maximum Gasteiger partial charge on any atom is 0.325 e. The minimum Gasteiger partial charge on any atom is -0.468 e. The van der Waals surface area contributed by atoms with Gasteiger partial charge in [-0.15, -0.1) is 0 Å². The van der Waals surface area contributed by atoms with E-state index in [1.54, 1.807) is 0 Å². The normalized spacial score (nSPS) is 18.4. The first kappa shape index (κ1) is 17.4. The standard InChI is InChI=1S/C16H32N2O2/c1-6-11-18(14-8-9-14)12-7-10-16(4,15(19)20-5)17-13(2)3/h13-14,17H,6-12H2,1-5H3. The first-order chi connectivity index (χ1) is 9.42. The Morgan fingerprint density at radius 2 is 2.05 bits per heavy atom. The Labute approximate surface area is 124 Å². The van der Waals surface area contributed by atoms with Crippen LogP contribution in [-0.4, -0.2) is 48.7 Å². The van der Waals surface area contributed by atoms with Crippen LogP contribution < -0.4 is 5.32 Å². The number of nitrogens with one attached hydrogen (secondary N) is 1. The Hall–Kier alpha value is -0.610. The van der Waals surface area contributed by atoms with Gasteiger partial charge >= 0.3 is 5.97 Å². The molecule has 0 heterocycles. The predicted molar refractivity (Wildman–Crippen MR) is 82.8 cm³/mol. The highest BCUT2D eigenvalue weighted by Gasteiger charge is 2.35. The Kier molecular flexibility index (Phi) is 6.96. The van der Waals surface area contributed by atoms with Crippen LogP contribution >= 0.6 is 0 Å². The van der Waals surface area contributed by atoms with Crippen molar-refractivity contribution >= 4 is 5.97 Å². The van der Waals surface area contributed by atoms with E-state index in [2.05, 4.69) is 31.0 Å². The lowest BCUT2D eigenvalue weighted by atomic mass is 9.94. The molecule has 1 fully saturated rings. The van der Waals surface area contributed by atoms with E-state index < -0.39 is 5.54 Å². The van der Waals surface area contributed by atoms with Crippen molar-refractivity contribution in [2.24, 2.45) is 0 Å². The van der Waals surface area contributed by atoms with Crippen LogP contribution in [0.25, 0.3) is 0 Å². The van der Waals surface area contributed by atoms with E-state index in [9.17, 15) is 4.79 Å². The molecule has 0 spiro atoms. The van der Waals surface area contributed by atoms with Crippen LogP contribution in [0.4, 0.5) is 0 Å². The summed E-state index contributed by atoms with van der Waals surface area (Å²) in [5.74, 6) is -0.153. The number of methoxy groups -OCH3 is 1. The van der Waals surface area contributed by atoms with Gasteiger partial charge in [-0.05, 0) is 66.0 Å². The highest BCUT2D eigenvalue weighted by molar-refractivity contribution is 5.80. The summed E-state index contributed by atoms with van der Waals surface area (Å²) in [5, 5.41) is 3.36. The molecular formula is C16H32N2O2. The highest BCUT2D eigenvalue weighted by atomic mass is 16.5. The minimum absolute atomic E-state index is 0.153. The second-order valence-electron chi connectivity index (χ2n) is 6.49. The number of rotatable bonds is 10. The maximum atomic E-state index is 12.0. The van der Waals surface area contributed by atoms with Crippen LogP contribution in [0.15, 0.2) is 0 Å². The van der Waals surface area contributed by atoms with Gasteiger partial charge in [-0.2, -0.15) is 0 Å². The van der Waals surface area contributed by atoms with Gasteiger partial charge in [-0.1, -0.05) is 6.92 Å². The molecule has 0 aliphatic heterocycles. The van der Waals surface area contributed by atoms with Crippen molar-refractivity contribution < 1.29 is 9.53 Å². The van der Waals surface area contributed by atoms with Crippen molar-refractivity contribution in [3.8, 4) is 0 Å². The number of hydrogen-bond acceptors (Lipinski definition) is 4. The molecule has 1 aliphatic rings. The number of nitrogens with zero attached hydrogens (tertiary/aromatic N) is 1. The minimum atomic E-state index is -0.565. The smallest absolute Gasteiger partial charge is 0.325 e. The van der Waals surface area contributed by atoms with Crippen molar-refractivity contribution in [1.82, 2.24) is 10.2 Å². The van der Waals surface area contributed by atoms with Crippen LogP contribution in [-0.2, 0) is 9.53 Å². The van der Waals surface area contributed by atoms with Gasteiger partial charge in [0.05, 0.1) is 7.11 Å². The zero-order chi connectivity index (χ0) is 15.2. The SMILES string of the molecule is CCCN(CCCC(C)(NC(C)C)C(=O)OC)C1CC1. The molecule has 0 aromatic heterocycles. The van der Waals surface area contributed by atoms with Crippen molar-refractivity contribution in [2.75, 3.05) is 20.2 Å². The van der Waals surface area contributed by atoms with Gasteiger partial charge in [0.25, 0.3) is 0 Å². The monoisotopic (exact) mass is 284 g/mol. The zero-order valence-corrected chi connectivity index (χ0v) is 13.9. The second-order valence-corrected chi connectivity index (χ2v) is 6.49. The first-order valence-corrected chi connectivity index (χ1v) is 8.03. The summed E-state index contributed by atoms with van der Waals surface area (Å²) in [6.07, 6.45) is 5.75. The first-order valence-electron chi connectivity index (χ1n) is 8.03. The van der Waals surface area contributed by atoms with Crippen LogP contribution in [0.3, 0.4) is 0 Å². The van der Waals surface area contributed by atoms with Crippen LogP contribution in [0, 0.1) is 0 Å². The fourth-order valence-corrected chi connectivity index (χ4v) is 2.94. The largest absolute Gasteiger partial charge is 0.468 e. The molecule has 4 heteroatoms. The zero-order valence-electron chi connectivity index (χ0n) is 13.9. The van der Waals surface area contributed by atoms with Gasteiger partial charge < -0.3 is 9.64 Å². The molecule has 0 aromatic carbocycles. The third-order valence-electron chi connectivity index (χ3n) is 3.94. The molecule has 118 valence electrons. The molecule has 0 radical (unpaired) electrons. The van der Waals surface area contributed by atoms with Gasteiger partial charge in [-0.3, -0.25) is 10.1 Å². The number of ether oxygens (including phenoxy) is 1. The van der Waals surface area contributed by atoms with Crippen molar-refractivity contribution in [3.05, 3.63) is 0 Å². The fraction of sp³-hybridized carbons (Fsp3) is 0.938. The molecule has 1 aliphatic carbocycles. The van der Waals surface area contributed by atoms with E-state index in [-0.39, 0.29) is 12.0 Å². The topological polar surface area (TPSA) is 41.6 Å². The lowest BCUT2D eigenvalue weighted by molar-refractivity contribution is -0.148. The van der Waals surface area contributed by atoms with Crippen LogP contribution in [0.5, 0.6) is 0 Å². The second kappa shape index (κ2) is 7.99. The summed E-state index contributed by atoms with van der Waals surface area (Å²) in [6, 6.07) is 1.08. The van der Waals surface area contributed by atoms with Crippen molar-refractivity contribution in [1.29, 1.82) is 0 Å². The average Bonchev–Trinajstić information content (AvgIpc) is 3.20.